The van der Waals surface area contributed by atoms with Gasteiger partial charge in [-0.05, 0) is 83.8 Å². The molecule has 0 aliphatic heterocycles. The largest absolute Gasteiger partial charge is 0.481 e. The number of nitrogens with one attached hydrogen (secondary N) is 1. The molecular weight excluding hydrogens is 600 g/mol. The van der Waals surface area contributed by atoms with E-state index in [1.54, 1.807) is 23.5 Å². The summed E-state index contributed by atoms with van der Waals surface area (Å²) in [5.41, 5.74) is 3.16. The summed E-state index contributed by atoms with van der Waals surface area (Å²) in [6, 6.07) is 29.3. The molecule has 5 aromatic rings. The molecule has 0 saturated heterocycles. The van der Waals surface area contributed by atoms with Gasteiger partial charge in [0, 0.05) is 36.1 Å². The van der Waals surface area contributed by atoms with Crippen LogP contribution in [-0.4, -0.2) is 23.5 Å². The van der Waals surface area contributed by atoms with E-state index >= 15 is 0 Å². The standard InChI is InChI=1S/C20H17ClFNOS.C12H9ClO2S/c21-16-5-3-15(4-6-16)19-10-9-18(25-19)13-20(24)23-12-11-14-1-7-17(22)8-2-14;13-9-3-1-8(2-4-9)11-6-5-10(16-11)7-12(14)15/h1-10H,11-13H2,(H,23,24);1-6H,7H2,(H,14,15). The highest BCUT2D eigenvalue weighted by Gasteiger charge is 2.08. The minimum Gasteiger partial charge on any atom is -0.481 e. The van der Waals surface area contributed by atoms with Crippen LogP contribution >= 0.6 is 45.9 Å². The Morgan fingerprint density at radius 1 is 0.683 bits per heavy atom. The van der Waals surface area contributed by atoms with Gasteiger partial charge in [0.15, 0.2) is 0 Å². The summed E-state index contributed by atoms with van der Waals surface area (Å²) in [6.45, 7) is 0.542. The van der Waals surface area contributed by atoms with Gasteiger partial charge < -0.3 is 10.4 Å². The summed E-state index contributed by atoms with van der Waals surface area (Å²) in [6.07, 6.45) is 1.13. The average Bonchev–Trinajstić information content (AvgIpc) is 3.61. The molecule has 0 bridgehead atoms. The van der Waals surface area contributed by atoms with Crippen molar-refractivity contribution in [2.24, 2.45) is 0 Å². The summed E-state index contributed by atoms with van der Waals surface area (Å²) in [5.74, 6) is -1.06. The SMILES string of the molecule is O=C(Cc1ccc(-c2ccc(Cl)cc2)s1)NCCc1ccc(F)cc1.O=C(O)Cc1ccc(-c2ccc(Cl)cc2)s1. The van der Waals surface area contributed by atoms with E-state index in [9.17, 15) is 14.0 Å². The van der Waals surface area contributed by atoms with Crippen molar-refractivity contribution in [1.29, 1.82) is 0 Å². The number of carboxylic acid groups (broad SMARTS) is 1. The summed E-state index contributed by atoms with van der Waals surface area (Å²) in [4.78, 5) is 26.7. The van der Waals surface area contributed by atoms with Gasteiger partial charge in [-0.2, -0.15) is 0 Å². The van der Waals surface area contributed by atoms with Gasteiger partial charge in [0.25, 0.3) is 0 Å². The van der Waals surface area contributed by atoms with E-state index in [4.69, 9.17) is 28.3 Å². The molecule has 0 saturated carbocycles. The van der Waals surface area contributed by atoms with Crippen LogP contribution in [0.1, 0.15) is 15.3 Å². The van der Waals surface area contributed by atoms with E-state index in [-0.39, 0.29) is 18.1 Å². The normalized spacial score (nSPS) is 10.5. The molecule has 0 unspecified atom stereocenters. The Kier molecular flexibility index (Phi) is 11.1. The van der Waals surface area contributed by atoms with Crippen LogP contribution in [-0.2, 0) is 28.9 Å². The second-order valence-corrected chi connectivity index (χ2v) is 12.2. The second kappa shape index (κ2) is 14.9. The Morgan fingerprint density at radius 3 is 1.66 bits per heavy atom. The highest BCUT2D eigenvalue weighted by Crippen LogP contribution is 2.30. The molecule has 1 amide bonds. The van der Waals surface area contributed by atoms with Crippen molar-refractivity contribution in [2.75, 3.05) is 6.54 Å². The molecule has 2 N–H and O–H groups in total. The summed E-state index contributed by atoms with van der Waals surface area (Å²) in [7, 11) is 0. The number of halogens is 3. The van der Waals surface area contributed by atoms with Crippen molar-refractivity contribution in [1.82, 2.24) is 5.32 Å². The number of amides is 1. The van der Waals surface area contributed by atoms with E-state index in [1.807, 2.05) is 72.8 Å². The van der Waals surface area contributed by atoms with Gasteiger partial charge in [-0.15, -0.1) is 22.7 Å². The van der Waals surface area contributed by atoms with E-state index < -0.39 is 5.97 Å². The lowest BCUT2D eigenvalue weighted by Crippen LogP contribution is -2.26. The average molecular weight is 627 g/mol. The first-order chi connectivity index (χ1) is 19.7. The molecule has 0 aliphatic rings. The van der Waals surface area contributed by atoms with Gasteiger partial charge in [-0.1, -0.05) is 59.6 Å². The maximum absolute atomic E-state index is 12.8. The molecule has 0 aliphatic carbocycles. The quantitative estimate of drug-likeness (QED) is 0.172. The fourth-order valence-corrected chi connectivity index (χ4v) is 6.12. The monoisotopic (exact) mass is 625 g/mol. The number of benzene rings is 3. The van der Waals surface area contributed by atoms with Crippen molar-refractivity contribution in [3.8, 4) is 20.9 Å². The minimum absolute atomic E-state index is 0.00776. The first kappa shape index (κ1) is 30.5. The lowest BCUT2D eigenvalue weighted by Gasteiger charge is -2.04. The zero-order valence-electron chi connectivity index (χ0n) is 21.8. The lowest BCUT2D eigenvalue weighted by atomic mass is 10.1. The van der Waals surface area contributed by atoms with Gasteiger partial charge >= 0.3 is 5.97 Å². The number of rotatable bonds is 9. The summed E-state index contributed by atoms with van der Waals surface area (Å²) < 4.78 is 12.8. The molecule has 41 heavy (non-hydrogen) atoms. The van der Waals surface area contributed by atoms with Crippen LogP contribution in [0.3, 0.4) is 0 Å². The van der Waals surface area contributed by atoms with Crippen LogP contribution in [0.5, 0.6) is 0 Å². The third-order valence-corrected chi connectivity index (χ3v) is 8.66. The van der Waals surface area contributed by atoms with Crippen molar-refractivity contribution in [2.45, 2.75) is 19.3 Å². The van der Waals surface area contributed by atoms with Crippen LogP contribution in [0.2, 0.25) is 10.0 Å². The maximum atomic E-state index is 12.8. The summed E-state index contributed by atoms with van der Waals surface area (Å²) >= 11 is 14.8. The van der Waals surface area contributed by atoms with Gasteiger partial charge in [-0.3, -0.25) is 9.59 Å². The molecule has 4 nitrogen and oxygen atoms in total. The smallest absolute Gasteiger partial charge is 0.308 e. The minimum atomic E-state index is -0.801. The first-order valence-electron chi connectivity index (χ1n) is 12.7. The van der Waals surface area contributed by atoms with Gasteiger partial charge in [0.2, 0.25) is 5.91 Å². The Bertz CT molecular complexity index is 1580. The van der Waals surface area contributed by atoms with E-state index in [0.717, 1.165) is 36.2 Å². The number of thiophene rings is 2. The number of carbonyl (C=O) groups is 2. The Balaban J connectivity index is 0.000000208. The number of carboxylic acids is 1. The summed E-state index contributed by atoms with van der Waals surface area (Å²) in [5, 5.41) is 13.0. The zero-order valence-corrected chi connectivity index (χ0v) is 24.9. The van der Waals surface area contributed by atoms with E-state index in [0.29, 0.717) is 29.4 Å². The molecule has 3 aromatic carbocycles. The van der Waals surface area contributed by atoms with Crippen LogP contribution in [0.15, 0.2) is 97.1 Å². The third-order valence-electron chi connectivity index (χ3n) is 5.89. The number of hydrogen-bond acceptors (Lipinski definition) is 4. The predicted octanol–water partition coefficient (Wildman–Crippen LogP) is 8.80. The number of aliphatic carboxylic acids is 1. The van der Waals surface area contributed by atoms with Crippen LogP contribution in [0, 0.1) is 5.82 Å². The molecule has 2 heterocycles. The maximum Gasteiger partial charge on any atom is 0.308 e. The lowest BCUT2D eigenvalue weighted by molar-refractivity contribution is -0.136. The molecule has 0 spiro atoms. The van der Waals surface area contributed by atoms with Gasteiger partial charge in [0.1, 0.15) is 5.82 Å². The van der Waals surface area contributed by atoms with Gasteiger partial charge in [-0.25, -0.2) is 4.39 Å². The van der Waals surface area contributed by atoms with Crippen molar-refractivity contribution in [3.63, 3.8) is 0 Å². The Labute approximate surface area is 256 Å². The molecule has 2 aromatic heterocycles. The van der Waals surface area contributed by atoms with Crippen LogP contribution in [0.4, 0.5) is 4.39 Å². The first-order valence-corrected chi connectivity index (χ1v) is 15.1. The zero-order chi connectivity index (χ0) is 29.2. The van der Waals surface area contributed by atoms with Crippen molar-refractivity contribution >= 4 is 57.8 Å². The van der Waals surface area contributed by atoms with Crippen LogP contribution < -0.4 is 5.32 Å². The Hall–Kier alpha value is -3.49. The fraction of sp³-hybridized carbons (Fsp3) is 0.125. The number of carbonyl (C=O) groups excluding carboxylic acids is 1. The molecule has 0 fully saturated rings. The fourth-order valence-electron chi connectivity index (χ4n) is 3.85. The van der Waals surface area contributed by atoms with Gasteiger partial charge in [0.05, 0.1) is 12.8 Å². The highest BCUT2D eigenvalue weighted by atomic mass is 35.5. The Morgan fingerprint density at radius 2 is 1.17 bits per heavy atom. The van der Waals surface area contributed by atoms with Crippen molar-refractivity contribution < 1.29 is 19.1 Å². The topological polar surface area (TPSA) is 66.4 Å². The van der Waals surface area contributed by atoms with E-state index in [2.05, 4.69) is 5.32 Å². The molecule has 0 atom stereocenters. The van der Waals surface area contributed by atoms with Crippen molar-refractivity contribution in [3.05, 3.63) is 128 Å². The van der Waals surface area contributed by atoms with Crippen LogP contribution in [0.25, 0.3) is 20.9 Å². The predicted molar refractivity (Wildman–Crippen MR) is 168 cm³/mol. The molecule has 210 valence electrons. The van der Waals surface area contributed by atoms with E-state index in [1.165, 1.54) is 23.5 Å². The second-order valence-electron chi connectivity index (χ2n) is 9.02. The molecular formula is C32H26Cl2FNO3S2. The molecule has 0 radical (unpaired) electrons. The third kappa shape index (κ3) is 9.83. The molecule has 9 heteroatoms. The highest BCUT2D eigenvalue weighted by molar-refractivity contribution is 7.15. The number of hydrogen-bond donors (Lipinski definition) is 2. The molecule has 5 rings (SSSR count).